The highest BCUT2D eigenvalue weighted by Crippen LogP contribution is 2.54. The lowest BCUT2D eigenvalue weighted by molar-refractivity contribution is -0.117. The topological polar surface area (TPSA) is 98.7 Å². The lowest BCUT2D eigenvalue weighted by Crippen LogP contribution is -2.16. The van der Waals surface area contributed by atoms with E-state index in [4.69, 9.17) is 5.73 Å². The summed E-state index contributed by atoms with van der Waals surface area (Å²) in [6.07, 6.45) is 8.54. The van der Waals surface area contributed by atoms with Crippen molar-refractivity contribution in [3.05, 3.63) is 66.1 Å². The molecule has 0 saturated heterocycles. The van der Waals surface area contributed by atoms with Crippen LogP contribution in [0.2, 0.25) is 0 Å². The number of amides is 1. The second kappa shape index (κ2) is 7.40. The van der Waals surface area contributed by atoms with E-state index in [-0.39, 0.29) is 29.3 Å². The van der Waals surface area contributed by atoms with Crippen molar-refractivity contribution in [2.75, 3.05) is 11.1 Å². The van der Waals surface area contributed by atoms with Crippen LogP contribution in [0.3, 0.4) is 0 Å². The smallest absolute Gasteiger partial charge is 0.229 e. The number of hydrogen-bond acceptors (Lipinski definition) is 5. The minimum Gasteiger partial charge on any atom is -0.396 e. The summed E-state index contributed by atoms with van der Waals surface area (Å²) in [5, 5.41) is 8.31. The number of benzene rings is 1. The van der Waals surface area contributed by atoms with Crippen molar-refractivity contribution in [2.45, 2.75) is 19.8 Å². The number of aromatic nitrogens is 4. The summed E-state index contributed by atoms with van der Waals surface area (Å²) in [7, 11) is 1.86. The average molecular weight is 430 g/mol. The van der Waals surface area contributed by atoms with Crippen molar-refractivity contribution in [1.29, 1.82) is 0 Å². The Morgan fingerprint density at radius 1 is 1.22 bits per heavy atom. The Kier molecular flexibility index (Phi) is 4.65. The van der Waals surface area contributed by atoms with Gasteiger partial charge in [0, 0.05) is 60.2 Å². The second-order valence-electron chi connectivity index (χ2n) is 8.48. The molecule has 1 aliphatic rings. The highest BCUT2D eigenvalue weighted by Gasteiger charge is 2.52. The molecule has 1 aliphatic carbocycles. The Morgan fingerprint density at radius 3 is 2.75 bits per heavy atom. The van der Waals surface area contributed by atoms with Crippen molar-refractivity contribution >= 4 is 28.2 Å². The van der Waals surface area contributed by atoms with Crippen molar-refractivity contribution in [1.82, 2.24) is 19.7 Å². The Labute approximate surface area is 184 Å². The van der Waals surface area contributed by atoms with E-state index in [0.29, 0.717) is 27.7 Å². The number of anilines is 2. The van der Waals surface area contributed by atoms with Crippen LogP contribution in [0.15, 0.2) is 49.2 Å². The van der Waals surface area contributed by atoms with Crippen LogP contribution >= 0.6 is 0 Å². The van der Waals surface area contributed by atoms with Gasteiger partial charge in [-0.1, -0.05) is 6.92 Å². The number of nitrogens with one attached hydrogen (secondary N) is 1. The van der Waals surface area contributed by atoms with Crippen LogP contribution in [0.25, 0.3) is 21.9 Å². The monoisotopic (exact) mass is 430 g/mol. The maximum atomic E-state index is 15.0. The Bertz CT molecular complexity index is 1360. The molecule has 0 bridgehead atoms. The summed E-state index contributed by atoms with van der Waals surface area (Å²) in [5.74, 6) is 0.0588. The summed E-state index contributed by atoms with van der Waals surface area (Å²) in [5.41, 5.74) is 9.11. The van der Waals surface area contributed by atoms with E-state index in [1.165, 1.54) is 6.20 Å². The molecule has 3 aromatic heterocycles. The molecule has 0 aliphatic heterocycles. The molecule has 0 radical (unpaired) electrons. The average Bonchev–Trinajstić information content (AvgIpc) is 3.25. The summed E-state index contributed by atoms with van der Waals surface area (Å²) in [6.45, 7) is 3.95. The van der Waals surface area contributed by atoms with Gasteiger partial charge in [0.15, 0.2) is 5.82 Å². The van der Waals surface area contributed by atoms with Crippen LogP contribution in [-0.2, 0) is 11.8 Å². The first-order valence-electron chi connectivity index (χ1n) is 10.4. The number of carbonyl (C=O) groups excluding carboxylic acids is 1. The Hall–Kier alpha value is -3.81. The van der Waals surface area contributed by atoms with Crippen LogP contribution < -0.4 is 11.1 Å². The molecule has 32 heavy (non-hydrogen) atoms. The molecule has 5 rings (SSSR count). The van der Waals surface area contributed by atoms with Gasteiger partial charge < -0.3 is 11.1 Å². The third kappa shape index (κ3) is 3.28. The minimum absolute atomic E-state index is 0.0265. The minimum atomic E-state index is -0.502. The number of rotatable bonds is 4. The highest BCUT2D eigenvalue weighted by molar-refractivity contribution is 6.00. The molecule has 4 aromatic rings. The molecule has 8 heteroatoms. The zero-order valence-corrected chi connectivity index (χ0v) is 18.0. The fraction of sp³-hybridized carbons (Fsp3) is 0.250. The predicted octanol–water partition coefficient (Wildman–Crippen LogP) is 4.05. The molecule has 3 heterocycles. The van der Waals surface area contributed by atoms with Gasteiger partial charge >= 0.3 is 0 Å². The Balaban J connectivity index is 1.45. The van der Waals surface area contributed by atoms with Gasteiger partial charge in [-0.15, -0.1) is 0 Å². The maximum absolute atomic E-state index is 15.0. The number of nitrogens with two attached hydrogens (primary N) is 1. The first kappa shape index (κ1) is 20.1. The highest BCUT2D eigenvalue weighted by atomic mass is 19.1. The lowest BCUT2D eigenvalue weighted by atomic mass is 9.98. The van der Waals surface area contributed by atoms with Gasteiger partial charge in [-0.3, -0.25) is 14.5 Å². The van der Waals surface area contributed by atoms with Crippen LogP contribution in [0, 0.1) is 24.6 Å². The molecule has 1 fully saturated rings. The van der Waals surface area contributed by atoms with Gasteiger partial charge in [0.1, 0.15) is 5.82 Å². The zero-order valence-electron chi connectivity index (χ0n) is 18.0. The first-order chi connectivity index (χ1) is 15.3. The summed E-state index contributed by atoms with van der Waals surface area (Å²) in [6, 6.07) is 5.27. The number of pyridine rings is 2. The number of fused-ring (bicyclic) bond motifs is 1. The fourth-order valence-corrected chi connectivity index (χ4v) is 4.51. The molecule has 162 valence electrons. The van der Waals surface area contributed by atoms with E-state index < -0.39 is 5.82 Å². The normalized spacial score (nSPS) is 19.8. The number of nitrogen functional groups attached to an aromatic ring is 1. The molecule has 3 atom stereocenters. The number of carbonyl (C=O) groups is 1. The van der Waals surface area contributed by atoms with Gasteiger partial charge in [0.2, 0.25) is 5.91 Å². The molecule has 3 N–H and O–H groups in total. The summed E-state index contributed by atoms with van der Waals surface area (Å²) in [4.78, 5) is 21.3. The summed E-state index contributed by atoms with van der Waals surface area (Å²) < 4.78 is 16.8. The van der Waals surface area contributed by atoms with Crippen molar-refractivity contribution in [2.24, 2.45) is 18.9 Å². The van der Waals surface area contributed by atoms with Crippen LogP contribution in [0.4, 0.5) is 15.9 Å². The van der Waals surface area contributed by atoms with Gasteiger partial charge in [0.05, 0.1) is 11.9 Å². The Morgan fingerprint density at radius 2 is 2.03 bits per heavy atom. The zero-order chi connectivity index (χ0) is 22.6. The van der Waals surface area contributed by atoms with E-state index in [2.05, 4.69) is 27.3 Å². The number of hydrogen-bond donors (Lipinski definition) is 2. The predicted molar refractivity (Wildman–Crippen MR) is 121 cm³/mol. The molecule has 1 aromatic carbocycles. The molecule has 1 amide bonds. The van der Waals surface area contributed by atoms with Crippen LogP contribution in [0.5, 0.6) is 0 Å². The number of halogens is 1. The van der Waals surface area contributed by atoms with Crippen molar-refractivity contribution in [3.8, 4) is 11.1 Å². The summed E-state index contributed by atoms with van der Waals surface area (Å²) >= 11 is 0. The molecule has 7 nitrogen and oxygen atoms in total. The fourth-order valence-electron chi connectivity index (χ4n) is 4.51. The van der Waals surface area contributed by atoms with E-state index in [0.717, 1.165) is 11.1 Å². The van der Waals surface area contributed by atoms with Crippen molar-refractivity contribution < 1.29 is 9.18 Å². The largest absolute Gasteiger partial charge is 0.396 e. The second-order valence-corrected chi connectivity index (χ2v) is 8.48. The van der Waals surface area contributed by atoms with Crippen molar-refractivity contribution in [3.63, 3.8) is 0 Å². The first-order valence-corrected chi connectivity index (χ1v) is 10.4. The third-order valence-electron chi connectivity index (χ3n) is 6.37. The molecule has 0 unspecified atom stereocenters. The quantitative estimate of drug-likeness (QED) is 0.476. The number of aryl methyl sites for hydroxylation is 2. The molecular formula is C24H23FN6O. The lowest BCUT2D eigenvalue weighted by Gasteiger charge is -2.12. The molecular weight excluding hydrogens is 407 g/mol. The third-order valence-corrected chi connectivity index (χ3v) is 6.37. The van der Waals surface area contributed by atoms with E-state index in [1.54, 1.807) is 29.2 Å². The SMILES string of the molecule is Cc1ccncc1-c1cc2cc(NC(=O)[C@@H]3[C@@H](C)[C@H]3c3cnn(C)c3)ncc2c(N)c1F. The van der Waals surface area contributed by atoms with Gasteiger partial charge in [-0.25, -0.2) is 9.37 Å². The maximum Gasteiger partial charge on any atom is 0.229 e. The standard InChI is InChI=1S/C24H23FN6O/c1-12-4-5-27-9-17(12)16-6-14-7-19(28-10-18(14)23(26)22(16)25)30-24(32)21-13(2)20(21)15-8-29-31(3)11-15/h4-11,13,20-21H,26H2,1-3H3,(H,28,30,32)/t13-,20-,21+/m0/s1. The molecule has 1 saturated carbocycles. The van der Waals surface area contributed by atoms with E-state index in [9.17, 15) is 4.79 Å². The van der Waals surface area contributed by atoms with Gasteiger partial charge in [-0.05, 0) is 47.6 Å². The van der Waals surface area contributed by atoms with Gasteiger partial charge in [-0.2, -0.15) is 5.10 Å². The van der Waals surface area contributed by atoms with E-state index in [1.807, 2.05) is 32.4 Å². The van der Waals surface area contributed by atoms with Gasteiger partial charge in [0.25, 0.3) is 0 Å². The molecule has 0 spiro atoms. The number of nitrogens with zero attached hydrogens (tertiary/aromatic N) is 4. The van der Waals surface area contributed by atoms with Crippen LogP contribution in [-0.4, -0.2) is 25.7 Å². The van der Waals surface area contributed by atoms with E-state index >= 15 is 4.39 Å². The van der Waals surface area contributed by atoms with Crippen LogP contribution in [0.1, 0.15) is 24.0 Å².